The van der Waals surface area contributed by atoms with Crippen LogP contribution < -0.4 is 5.32 Å². The fraction of sp³-hybridized carbons (Fsp3) is 0.308. The zero-order valence-corrected chi connectivity index (χ0v) is 9.59. The summed E-state index contributed by atoms with van der Waals surface area (Å²) in [5, 5.41) is 20.1. The summed E-state index contributed by atoms with van der Waals surface area (Å²) in [6, 6.07) is 8.96. The van der Waals surface area contributed by atoms with Gasteiger partial charge in [0, 0.05) is 6.54 Å². The molecule has 1 aromatic carbocycles. The predicted octanol–water partition coefficient (Wildman–Crippen LogP) is 0.895. The first kappa shape index (κ1) is 12.1. The standard InChI is InChI=1S/C13H12N2O3/c14-6-8-2-1-3-9(4-8)7-15-12(16)10-5-11(10)13(17)18/h1-4,10-11H,5,7H2,(H,15,16)(H,17,18). The molecule has 1 aliphatic rings. The third kappa shape index (κ3) is 2.66. The summed E-state index contributed by atoms with van der Waals surface area (Å²) in [4.78, 5) is 22.2. The number of aliphatic carboxylic acids is 1. The molecular formula is C13H12N2O3. The second-order valence-corrected chi connectivity index (χ2v) is 4.32. The van der Waals surface area contributed by atoms with E-state index in [2.05, 4.69) is 5.32 Å². The first-order valence-electron chi connectivity index (χ1n) is 5.61. The molecule has 2 atom stereocenters. The van der Waals surface area contributed by atoms with Gasteiger partial charge in [0.1, 0.15) is 0 Å². The Morgan fingerprint density at radius 3 is 2.83 bits per heavy atom. The highest BCUT2D eigenvalue weighted by Crippen LogP contribution is 2.38. The SMILES string of the molecule is N#Cc1cccc(CNC(=O)C2CC2C(=O)O)c1. The molecule has 0 aliphatic heterocycles. The average molecular weight is 244 g/mol. The van der Waals surface area contributed by atoms with E-state index >= 15 is 0 Å². The Morgan fingerprint density at radius 1 is 1.44 bits per heavy atom. The highest BCUT2D eigenvalue weighted by atomic mass is 16.4. The topological polar surface area (TPSA) is 90.2 Å². The molecular weight excluding hydrogens is 232 g/mol. The summed E-state index contributed by atoms with van der Waals surface area (Å²) in [6.07, 6.45) is 0.416. The van der Waals surface area contributed by atoms with E-state index in [4.69, 9.17) is 10.4 Å². The van der Waals surface area contributed by atoms with Crippen LogP contribution in [0.3, 0.4) is 0 Å². The highest BCUT2D eigenvalue weighted by Gasteiger charge is 2.48. The van der Waals surface area contributed by atoms with Crippen molar-refractivity contribution in [3.63, 3.8) is 0 Å². The molecule has 0 aromatic heterocycles. The summed E-state index contributed by atoms with van der Waals surface area (Å²) >= 11 is 0. The molecule has 5 nitrogen and oxygen atoms in total. The molecule has 0 bridgehead atoms. The Balaban J connectivity index is 1.87. The van der Waals surface area contributed by atoms with Gasteiger partial charge in [0.2, 0.25) is 5.91 Å². The number of hydrogen-bond donors (Lipinski definition) is 2. The normalized spacial score (nSPS) is 20.8. The van der Waals surface area contributed by atoms with E-state index < -0.39 is 17.8 Å². The predicted molar refractivity (Wildman–Crippen MR) is 62.2 cm³/mol. The maximum Gasteiger partial charge on any atom is 0.307 e. The highest BCUT2D eigenvalue weighted by molar-refractivity contribution is 5.89. The van der Waals surface area contributed by atoms with Gasteiger partial charge in [-0.2, -0.15) is 5.26 Å². The minimum absolute atomic E-state index is 0.232. The van der Waals surface area contributed by atoms with Gasteiger partial charge < -0.3 is 10.4 Å². The zero-order chi connectivity index (χ0) is 13.1. The summed E-state index contributed by atoms with van der Waals surface area (Å²) < 4.78 is 0. The number of rotatable bonds is 4. The number of carbonyl (C=O) groups is 2. The van der Waals surface area contributed by atoms with Crippen molar-refractivity contribution < 1.29 is 14.7 Å². The van der Waals surface area contributed by atoms with Gasteiger partial charge in [0.05, 0.1) is 23.5 Å². The smallest absolute Gasteiger partial charge is 0.307 e. The van der Waals surface area contributed by atoms with Crippen molar-refractivity contribution in [1.29, 1.82) is 5.26 Å². The lowest BCUT2D eigenvalue weighted by atomic mass is 10.1. The number of benzene rings is 1. The quantitative estimate of drug-likeness (QED) is 0.823. The Morgan fingerprint density at radius 2 is 2.22 bits per heavy atom. The molecule has 1 aromatic rings. The van der Waals surface area contributed by atoms with E-state index in [1.807, 2.05) is 12.1 Å². The summed E-state index contributed by atoms with van der Waals surface area (Å²) in [7, 11) is 0. The maximum atomic E-state index is 11.6. The number of hydrogen-bond acceptors (Lipinski definition) is 3. The molecule has 1 saturated carbocycles. The molecule has 2 rings (SSSR count). The van der Waals surface area contributed by atoms with E-state index in [0.717, 1.165) is 5.56 Å². The number of carbonyl (C=O) groups excluding carboxylic acids is 1. The van der Waals surface area contributed by atoms with Crippen molar-refractivity contribution in [2.45, 2.75) is 13.0 Å². The third-order valence-corrected chi connectivity index (χ3v) is 2.97. The molecule has 2 unspecified atom stereocenters. The van der Waals surface area contributed by atoms with Crippen LogP contribution in [-0.2, 0) is 16.1 Å². The molecule has 0 heterocycles. The summed E-state index contributed by atoms with van der Waals surface area (Å²) in [5.74, 6) is -2.08. The van der Waals surface area contributed by atoms with Crippen molar-refractivity contribution >= 4 is 11.9 Å². The molecule has 0 spiro atoms. The Kier molecular flexibility index (Phi) is 3.28. The van der Waals surface area contributed by atoms with Crippen molar-refractivity contribution in [2.24, 2.45) is 11.8 Å². The van der Waals surface area contributed by atoms with Crippen LogP contribution in [-0.4, -0.2) is 17.0 Å². The van der Waals surface area contributed by atoms with Gasteiger partial charge in [-0.05, 0) is 24.1 Å². The lowest BCUT2D eigenvalue weighted by Gasteiger charge is -2.04. The third-order valence-electron chi connectivity index (χ3n) is 2.97. The van der Waals surface area contributed by atoms with Gasteiger partial charge in [-0.3, -0.25) is 9.59 Å². The summed E-state index contributed by atoms with van der Waals surface area (Å²) in [6.45, 7) is 0.317. The molecule has 2 N–H and O–H groups in total. The first-order valence-corrected chi connectivity index (χ1v) is 5.61. The molecule has 1 fully saturated rings. The van der Waals surface area contributed by atoms with Crippen LogP contribution in [0.4, 0.5) is 0 Å². The van der Waals surface area contributed by atoms with Gasteiger partial charge in [0.25, 0.3) is 0 Å². The summed E-state index contributed by atoms with van der Waals surface area (Å²) in [5.41, 5.74) is 1.37. The van der Waals surface area contributed by atoms with E-state index in [1.54, 1.807) is 18.2 Å². The van der Waals surface area contributed by atoms with Gasteiger partial charge in [-0.1, -0.05) is 12.1 Å². The first-order chi connectivity index (χ1) is 8.61. The molecule has 5 heteroatoms. The van der Waals surface area contributed by atoms with Crippen LogP contribution >= 0.6 is 0 Å². The van der Waals surface area contributed by atoms with Crippen LogP contribution in [0.15, 0.2) is 24.3 Å². The molecule has 1 amide bonds. The lowest BCUT2D eigenvalue weighted by molar-refractivity contribution is -0.140. The largest absolute Gasteiger partial charge is 0.481 e. The number of nitrogens with one attached hydrogen (secondary N) is 1. The second-order valence-electron chi connectivity index (χ2n) is 4.32. The van der Waals surface area contributed by atoms with E-state index in [1.165, 1.54) is 0 Å². The van der Waals surface area contributed by atoms with Crippen LogP contribution in [0.5, 0.6) is 0 Å². The second kappa shape index (κ2) is 4.88. The van der Waals surface area contributed by atoms with E-state index in [-0.39, 0.29) is 5.91 Å². The molecule has 1 aliphatic carbocycles. The van der Waals surface area contributed by atoms with Crippen LogP contribution in [0.2, 0.25) is 0 Å². The average Bonchev–Trinajstić information content (AvgIpc) is 3.16. The van der Waals surface area contributed by atoms with E-state index in [0.29, 0.717) is 18.5 Å². The van der Waals surface area contributed by atoms with Gasteiger partial charge in [0.15, 0.2) is 0 Å². The van der Waals surface area contributed by atoms with Crippen molar-refractivity contribution in [2.75, 3.05) is 0 Å². The number of amides is 1. The minimum atomic E-state index is -0.915. The molecule has 0 saturated heterocycles. The molecule has 18 heavy (non-hydrogen) atoms. The number of nitriles is 1. The maximum absolute atomic E-state index is 11.6. The van der Waals surface area contributed by atoms with Crippen LogP contribution in [0, 0.1) is 23.2 Å². The van der Waals surface area contributed by atoms with E-state index in [9.17, 15) is 9.59 Å². The van der Waals surface area contributed by atoms with Crippen molar-refractivity contribution in [3.05, 3.63) is 35.4 Å². The van der Waals surface area contributed by atoms with Gasteiger partial charge in [-0.15, -0.1) is 0 Å². The number of nitrogens with zero attached hydrogens (tertiary/aromatic N) is 1. The fourth-order valence-corrected chi connectivity index (χ4v) is 1.83. The number of carboxylic acids is 1. The fourth-order valence-electron chi connectivity index (χ4n) is 1.83. The molecule has 0 radical (unpaired) electrons. The Hall–Kier alpha value is -2.35. The minimum Gasteiger partial charge on any atom is -0.481 e. The Labute approximate surface area is 104 Å². The van der Waals surface area contributed by atoms with Crippen molar-refractivity contribution in [3.8, 4) is 6.07 Å². The zero-order valence-electron chi connectivity index (χ0n) is 9.59. The molecule has 92 valence electrons. The van der Waals surface area contributed by atoms with Crippen molar-refractivity contribution in [1.82, 2.24) is 5.32 Å². The van der Waals surface area contributed by atoms with Crippen LogP contribution in [0.1, 0.15) is 17.5 Å². The van der Waals surface area contributed by atoms with Gasteiger partial charge in [-0.25, -0.2) is 0 Å². The number of carboxylic acid groups (broad SMARTS) is 1. The van der Waals surface area contributed by atoms with Gasteiger partial charge >= 0.3 is 5.97 Å². The monoisotopic (exact) mass is 244 g/mol. The van der Waals surface area contributed by atoms with Crippen LogP contribution in [0.25, 0.3) is 0 Å². The lowest BCUT2D eigenvalue weighted by Crippen LogP contribution is -2.25. The Bertz CT molecular complexity index is 533.